The van der Waals surface area contributed by atoms with Gasteiger partial charge in [0.25, 0.3) is 5.69 Å². The van der Waals surface area contributed by atoms with Crippen LogP contribution in [-0.4, -0.2) is 52.9 Å². The summed E-state index contributed by atoms with van der Waals surface area (Å²) in [6.07, 6.45) is -5.53. The van der Waals surface area contributed by atoms with Crippen molar-refractivity contribution < 1.29 is 22.9 Å². The molecule has 3 aromatic rings. The van der Waals surface area contributed by atoms with E-state index in [1.807, 2.05) is 4.90 Å². The zero-order valence-electron chi connectivity index (χ0n) is 18.5. The summed E-state index contributed by atoms with van der Waals surface area (Å²) in [4.78, 5) is 33.0. The first-order valence-corrected chi connectivity index (χ1v) is 10.3. The van der Waals surface area contributed by atoms with Crippen LogP contribution in [0.5, 0.6) is 0 Å². The van der Waals surface area contributed by atoms with E-state index in [0.29, 0.717) is 12.1 Å². The van der Waals surface area contributed by atoms with Crippen molar-refractivity contribution in [1.82, 2.24) is 20.2 Å². The van der Waals surface area contributed by atoms with Crippen molar-refractivity contribution in [3.05, 3.63) is 76.0 Å². The number of aromatic nitrogens is 2. The molecule has 0 saturated carbocycles. The first-order valence-electron chi connectivity index (χ1n) is 10.3. The number of nitrogens with zero attached hydrogens (tertiary/aromatic N) is 4. The number of nitro groups is 1. The van der Waals surface area contributed by atoms with Crippen LogP contribution in [0, 0.1) is 10.1 Å². The molecule has 0 saturated heterocycles. The first kappa shape index (κ1) is 24.8. The minimum atomic E-state index is -4.89. The van der Waals surface area contributed by atoms with E-state index in [1.54, 1.807) is 44.4 Å². The molecule has 34 heavy (non-hydrogen) atoms. The SMILES string of the molecule is CN(C)CCNC(=O)Cc1c(-c2cccc([N+](=O)[O-])c2)nc(-c2ccccc2)nc1C(F)(F)F. The maximum atomic E-state index is 14.1. The maximum absolute atomic E-state index is 14.1. The minimum Gasteiger partial charge on any atom is -0.355 e. The number of nitrogens with one attached hydrogen (secondary N) is 1. The summed E-state index contributed by atoms with van der Waals surface area (Å²) in [5, 5.41) is 13.8. The third-order valence-corrected chi connectivity index (χ3v) is 4.86. The maximum Gasteiger partial charge on any atom is 0.433 e. The number of halogens is 3. The molecule has 0 aliphatic heterocycles. The number of likely N-dealkylation sites (N-methyl/N-ethyl adjacent to an activating group) is 1. The molecule has 0 aliphatic carbocycles. The molecule has 0 radical (unpaired) electrons. The molecule has 178 valence electrons. The number of rotatable bonds is 8. The minimum absolute atomic E-state index is 0.0790. The highest BCUT2D eigenvalue weighted by Crippen LogP contribution is 2.37. The van der Waals surface area contributed by atoms with E-state index in [2.05, 4.69) is 15.3 Å². The molecule has 0 bridgehead atoms. The van der Waals surface area contributed by atoms with E-state index in [0.717, 1.165) is 6.07 Å². The van der Waals surface area contributed by atoms with Crippen LogP contribution in [0.4, 0.5) is 18.9 Å². The van der Waals surface area contributed by atoms with Crippen LogP contribution in [0.2, 0.25) is 0 Å². The third-order valence-electron chi connectivity index (χ3n) is 4.86. The van der Waals surface area contributed by atoms with Crippen molar-refractivity contribution >= 4 is 11.6 Å². The lowest BCUT2D eigenvalue weighted by atomic mass is 9.99. The Labute approximate surface area is 193 Å². The molecule has 0 atom stereocenters. The van der Waals surface area contributed by atoms with Crippen LogP contribution >= 0.6 is 0 Å². The van der Waals surface area contributed by atoms with Gasteiger partial charge >= 0.3 is 6.18 Å². The number of hydrogen-bond donors (Lipinski definition) is 1. The molecule has 1 amide bonds. The van der Waals surface area contributed by atoms with Crippen molar-refractivity contribution in [2.45, 2.75) is 12.6 Å². The second-order valence-electron chi connectivity index (χ2n) is 7.72. The van der Waals surface area contributed by atoms with Crippen LogP contribution in [-0.2, 0) is 17.4 Å². The number of amides is 1. The smallest absolute Gasteiger partial charge is 0.355 e. The molecule has 2 aromatic carbocycles. The second kappa shape index (κ2) is 10.4. The number of benzene rings is 2. The lowest BCUT2D eigenvalue weighted by Crippen LogP contribution is -2.33. The molecule has 0 fully saturated rings. The second-order valence-corrected chi connectivity index (χ2v) is 7.72. The van der Waals surface area contributed by atoms with Gasteiger partial charge in [-0.1, -0.05) is 42.5 Å². The summed E-state index contributed by atoms with van der Waals surface area (Å²) >= 11 is 0. The summed E-state index contributed by atoms with van der Waals surface area (Å²) in [6, 6.07) is 13.2. The summed E-state index contributed by atoms with van der Waals surface area (Å²) in [5.74, 6) is -0.846. The van der Waals surface area contributed by atoms with Gasteiger partial charge in [-0.15, -0.1) is 0 Å². The summed E-state index contributed by atoms with van der Waals surface area (Å²) in [5.41, 5.74) is -1.79. The Kier molecular flexibility index (Phi) is 7.57. The van der Waals surface area contributed by atoms with Gasteiger partial charge in [-0.05, 0) is 14.1 Å². The van der Waals surface area contributed by atoms with Crippen molar-refractivity contribution in [3.8, 4) is 22.6 Å². The van der Waals surface area contributed by atoms with E-state index >= 15 is 0 Å². The highest BCUT2D eigenvalue weighted by molar-refractivity contribution is 5.82. The molecular formula is C23H22F3N5O3. The standard InChI is InChI=1S/C23H22F3N5O3/c1-30(2)12-11-27-19(32)14-18-20(16-9-6-10-17(13-16)31(33)34)28-22(15-7-4-3-5-8-15)29-21(18)23(24,25)26/h3-10,13H,11-12,14H2,1-2H3,(H,27,32). The Hall–Kier alpha value is -3.86. The predicted molar refractivity (Wildman–Crippen MR) is 120 cm³/mol. The number of nitro benzene ring substituents is 1. The van der Waals surface area contributed by atoms with Gasteiger partial charge < -0.3 is 10.2 Å². The van der Waals surface area contributed by atoms with Gasteiger partial charge in [0.1, 0.15) is 0 Å². The zero-order chi connectivity index (χ0) is 24.9. The van der Waals surface area contributed by atoms with Gasteiger partial charge in [-0.3, -0.25) is 14.9 Å². The van der Waals surface area contributed by atoms with E-state index < -0.39 is 34.7 Å². The molecular weight excluding hydrogens is 451 g/mol. The van der Waals surface area contributed by atoms with Crippen LogP contribution in [0.25, 0.3) is 22.6 Å². The first-order chi connectivity index (χ1) is 16.1. The van der Waals surface area contributed by atoms with E-state index in [-0.39, 0.29) is 29.3 Å². The van der Waals surface area contributed by atoms with Crippen LogP contribution in [0.1, 0.15) is 11.3 Å². The van der Waals surface area contributed by atoms with Crippen molar-refractivity contribution in [1.29, 1.82) is 0 Å². The highest BCUT2D eigenvalue weighted by atomic mass is 19.4. The third kappa shape index (κ3) is 6.13. The molecule has 1 N–H and O–H groups in total. The summed E-state index contributed by atoms with van der Waals surface area (Å²) in [6.45, 7) is 0.737. The fourth-order valence-electron chi connectivity index (χ4n) is 3.25. The van der Waals surface area contributed by atoms with Crippen LogP contribution in [0.15, 0.2) is 54.6 Å². The van der Waals surface area contributed by atoms with Gasteiger partial charge in [-0.25, -0.2) is 9.97 Å². The summed E-state index contributed by atoms with van der Waals surface area (Å²) < 4.78 is 42.4. The van der Waals surface area contributed by atoms with Crippen molar-refractivity contribution in [2.24, 2.45) is 0 Å². The fraction of sp³-hybridized carbons (Fsp3) is 0.261. The molecule has 11 heteroatoms. The average molecular weight is 473 g/mol. The normalized spacial score (nSPS) is 11.5. The molecule has 1 aromatic heterocycles. The lowest BCUT2D eigenvalue weighted by Gasteiger charge is -2.18. The molecule has 8 nitrogen and oxygen atoms in total. The Balaban J connectivity index is 2.19. The number of carbonyl (C=O) groups excluding carboxylic acids is 1. The van der Waals surface area contributed by atoms with E-state index in [9.17, 15) is 28.1 Å². The topological polar surface area (TPSA) is 101 Å². The molecule has 0 aliphatic rings. The Morgan fingerprint density at radius 1 is 1.06 bits per heavy atom. The molecule has 3 rings (SSSR count). The van der Waals surface area contributed by atoms with Crippen molar-refractivity contribution in [2.75, 3.05) is 27.2 Å². The number of alkyl halides is 3. The quantitative estimate of drug-likeness (QED) is 0.393. The van der Waals surface area contributed by atoms with Crippen molar-refractivity contribution in [3.63, 3.8) is 0 Å². The Bertz CT molecular complexity index is 1180. The largest absolute Gasteiger partial charge is 0.433 e. The van der Waals surface area contributed by atoms with Gasteiger partial charge in [0.2, 0.25) is 5.91 Å². The zero-order valence-corrected chi connectivity index (χ0v) is 18.5. The van der Waals surface area contributed by atoms with Gasteiger partial charge in [0.15, 0.2) is 11.5 Å². The molecule has 1 heterocycles. The van der Waals surface area contributed by atoms with Gasteiger partial charge in [-0.2, -0.15) is 13.2 Å². The Morgan fingerprint density at radius 2 is 1.74 bits per heavy atom. The number of carbonyl (C=O) groups is 1. The highest BCUT2D eigenvalue weighted by Gasteiger charge is 2.38. The van der Waals surface area contributed by atoms with E-state index in [4.69, 9.17) is 0 Å². The average Bonchev–Trinajstić information content (AvgIpc) is 2.78. The lowest BCUT2D eigenvalue weighted by molar-refractivity contribution is -0.384. The van der Waals surface area contributed by atoms with Crippen LogP contribution in [0.3, 0.4) is 0 Å². The van der Waals surface area contributed by atoms with Crippen LogP contribution < -0.4 is 5.32 Å². The summed E-state index contributed by atoms with van der Waals surface area (Å²) in [7, 11) is 3.59. The fourth-order valence-corrected chi connectivity index (χ4v) is 3.25. The predicted octanol–water partition coefficient (Wildman–Crippen LogP) is 3.96. The monoisotopic (exact) mass is 473 g/mol. The number of non-ortho nitro benzene ring substituents is 1. The Morgan fingerprint density at radius 3 is 2.35 bits per heavy atom. The molecule has 0 spiro atoms. The van der Waals surface area contributed by atoms with Gasteiger partial charge in [0, 0.05) is 41.9 Å². The van der Waals surface area contributed by atoms with Gasteiger partial charge in [0.05, 0.1) is 17.0 Å². The number of hydrogen-bond acceptors (Lipinski definition) is 6. The molecule has 0 unspecified atom stereocenters. The van der Waals surface area contributed by atoms with E-state index in [1.165, 1.54) is 18.2 Å².